The summed E-state index contributed by atoms with van der Waals surface area (Å²) in [6.07, 6.45) is 7.01. The van der Waals surface area contributed by atoms with E-state index in [0.29, 0.717) is 6.04 Å². The zero-order valence-electron chi connectivity index (χ0n) is 9.69. The molecule has 1 atom stereocenters. The van der Waals surface area contributed by atoms with E-state index in [2.05, 4.69) is 39.1 Å². The smallest absolute Gasteiger partial charge is 0 e. The van der Waals surface area contributed by atoms with Gasteiger partial charge in [-0.2, -0.15) is 0 Å². The van der Waals surface area contributed by atoms with E-state index in [1.807, 2.05) is 13.1 Å². The third-order valence-corrected chi connectivity index (χ3v) is 3.30. The van der Waals surface area contributed by atoms with E-state index >= 15 is 0 Å². The van der Waals surface area contributed by atoms with Crippen molar-refractivity contribution >= 4 is 4.40 Å². The van der Waals surface area contributed by atoms with Gasteiger partial charge < -0.3 is 0 Å². The van der Waals surface area contributed by atoms with E-state index in [-0.39, 0.29) is 21.1 Å². The van der Waals surface area contributed by atoms with Gasteiger partial charge in [0, 0.05) is 21.1 Å². The molecule has 1 rings (SSSR count). The maximum atomic E-state index is 3.40. The Balaban J connectivity index is 0.00000225. The standard InChI is InChI=1S/C11H18N3.2W/c1-10(5-4-6-12-3)14-8-7-13-9-11(14)2;;/h1,4-5,11-13H,7-9H2,2-3H3;;/q-1;;/b10-5+;;/t11-;;/m0../s1. The van der Waals surface area contributed by atoms with Crippen LogP contribution in [0.5, 0.6) is 0 Å². The molecule has 3 nitrogen and oxygen atoms in total. The largest absolute Gasteiger partial charge is 0 e. The maximum Gasteiger partial charge on any atom is 0 e. The third-order valence-electron chi connectivity index (χ3n) is 2.44. The minimum atomic E-state index is 0. The molecule has 2 N–H and O–H groups in total. The number of piperazine rings is 1. The molecule has 0 amide bonds. The summed E-state index contributed by atoms with van der Waals surface area (Å²) in [5.41, 5.74) is 1.31. The van der Waals surface area contributed by atoms with Crippen molar-refractivity contribution in [1.29, 1.82) is 0 Å². The van der Waals surface area contributed by atoms with Crippen LogP contribution in [0.15, 0.2) is 17.8 Å². The molecular formula is C11H18N3W2-. The van der Waals surface area contributed by atoms with Crippen molar-refractivity contribution < 1.29 is 40.4 Å². The number of nitrogens with one attached hydrogen (secondary N) is 2. The van der Waals surface area contributed by atoms with E-state index in [0.717, 1.165) is 19.6 Å². The number of rotatable bonds is 4. The van der Waals surface area contributed by atoms with Gasteiger partial charge in [-0.05, 0) is 0 Å². The van der Waals surface area contributed by atoms with Crippen molar-refractivity contribution in [3.8, 4) is 0 Å². The van der Waals surface area contributed by atoms with E-state index in [1.165, 1.54) is 25.1 Å². The molecule has 90 valence electrons. The Morgan fingerprint density at radius 3 is 2.94 bits per heavy atom. The van der Waals surface area contributed by atoms with E-state index in [1.54, 1.807) is 0 Å². The van der Waals surface area contributed by atoms with Crippen molar-refractivity contribution in [3.05, 3.63) is 24.0 Å². The molecule has 1 fully saturated rings. The maximum absolute atomic E-state index is 3.40. The average molecular weight is 560 g/mol. The predicted molar refractivity (Wildman–Crippen MR) is 60.1 cm³/mol. The van der Waals surface area contributed by atoms with Crippen LogP contribution < -0.4 is 10.6 Å². The zero-order valence-corrected chi connectivity index (χ0v) is 15.6. The first-order valence-electron chi connectivity index (χ1n) is 5.18. The normalized spacial score (nSPS) is 21.8. The van der Waals surface area contributed by atoms with Crippen LogP contribution in [-0.4, -0.2) is 42.0 Å². The SMILES string of the molecule is CN[C-]=C/C=C(\[CH]=[W])N1CCNC[C@@H]1C.[W]. The predicted octanol–water partition coefficient (Wildman–Crippen LogP) is 0.0468. The second-order valence-electron chi connectivity index (χ2n) is 3.52. The Labute approximate surface area is 123 Å². The van der Waals surface area contributed by atoms with Gasteiger partial charge in [0.05, 0.1) is 0 Å². The van der Waals surface area contributed by atoms with Gasteiger partial charge in [-0.3, -0.25) is 0 Å². The summed E-state index contributed by atoms with van der Waals surface area (Å²) in [6, 6.07) is 0.573. The molecule has 0 bridgehead atoms. The first-order valence-corrected chi connectivity index (χ1v) is 6.87. The van der Waals surface area contributed by atoms with Crippen LogP contribution in [0.1, 0.15) is 6.92 Å². The van der Waals surface area contributed by atoms with Crippen LogP contribution in [0, 0.1) is 6.20 Å². The summed E-state index contributed by atoms with van der Waals surface area (Å²) in [5, 5.41) is 6.27. The first kappa shape index (κ1) is 16.3. The molecule has 0 aromatic rings. The molecule has 1 aliphatic rings. The molecule has 1 saturated heterocycles. The van der Waals surface area contributed by atoms with Gasteiger partial charge in [-0.15, -0.1) is 0 Å². The molecular weight excluding hydrogens is 542 g/mol. The molecule has 1 aliphatic heterocycles. The minimum Gasteiger partial charge on any atom is 0 e. The van der Waals surface area contributed by atoms with Crippen molar-refractivity contribution in [2.24, 2.45) is 0 Å². The molecule has 5 heteroatoms. The van der Waals surface area contributed by atoms with Gasteiger partial charge in [0.2, 0.25) is 0 Å². The van der Waals surface area contributed by atoms with E-state index in [4.69, 9.17) is 0 Å². The summed E-state index contributed by atoms with van der Waals surface area (Å²) in [5.74, 6) is 0. The Morgan fingerprint density at radius 1 is 1.62 bits per heavy atom. The number of allylic oxidation sites excluding steroid dienone is 3. The Hall–Kier alpha value is 0.287. The molecule has 0 spiro atoms. The van der Waals surface area contributed by atoms with Gasteiger partial charge in [-0.1, -0.05) is 0 Å². The van der Waals surface area contributed by atoms with Gasteiger partial charge in [-0.25, -0.2) is 0 Å². The molecule has 16 heavy (non-hydrogen) atoms. The van der Waals surface area contributed by atoms with Crippen LogP contribution in [0.4, 0.5) is 0 Å². The Kier molecular flexibility index (Phi) is 9.50. The molecule has 0 saturated carbocycles. The summed E-state index contributed by atoms with van der Waals surface area (Å²) in [7, 11) is 1.86. The molecule has 0 aromatic heterocycles. The number of hydrogen-bond acceptors (Lipinski definition) is 3. The monoisotopic (exact) mass is 560 g/mol. The molecule has 1 heterocycles. The second-order valence-corrected chi connectivity index (χ2v) is 4.36. The molecule has 0 unspecified atom stereocenters. The zero-order chi connectivity index (χ0) is 11.1. The summed E-state index contributed by atoms with van der Waals surface area (Å²) < 4.78 is 2.23. The van der Waals surface area contributed by atoms with Crippen LogP contribution in [0.3, 0.4) is 0 Å². The van der Waals surface area contributed by atoms with Gasteiger partial charge in [0.15, 0.2) is 0 Å². The van der Waals surface area contributed by atoms with Crippen molar-refractivity contribution in [3.63, 3.8) is 0 Å². The van der Waals surface area contributed by atoms with Crippen molar-refractivity contribution in [2.75, 3.05) is 26.7 Å². The fourth-order valence-corrected chi connectivity index (χ4v) is 2.41. The summed E-state index contributed by atoms with van der Waals surface area (Å²) >= 11 is 1.49. The van der Waals surface area contributed by atoms with Crippen LogP contribution in [-0.2, 0) is 40.4 Å². The molecule has 0 aliphatic carbocycles. The molecule has 0 aromatic carbocycles. The van der Waals surface area contributed by atoms with Gasteiger partial charge in [0.25, 0.3) is 0 Å². The fourth-order valence-electron chi connectivity index (χ4n) is 1.64. The summed E-state index contributed by atoms with van der Waals surface area (Å²) in [6.45, 7) is 5.48. The fraction of sp³-hybridized carbons (Fsp3) is 0.545. The van der Waals surface area contributed by atoms with Gasteiger partial charge in [0.1, 0.15) is 0 Å². The van der Waals surface area contributed by atoms with Crippen molar-refractivity contribution in [2.45, 2.75) is 13.0 Å². The van der Waals surface area contributed by atoms with Crippen LogP contribution in [0.25, 0.3) is 0 Å². The topological polar surface area (TPSA) is 27.3 Å². The first-order chi connectivity index (χ1) is 7.29. The number of hydrogen-bond donors (Lipinski definition) is 2. The van der Waals surface area contributed by atoms with Crippen LogP contribution >= 0.6 is 0 Å². The van der Waals surface area contributed by atoms with E-state index in [9.17, 15) is 0 Å². The van der Waals surface area contributed by atoms with Crippen molar-refractivity contribution in [1.82, 2.24) is 15.5 Å². The average Bonchev–Trinajstić information content (AvgIpc) is 2.26. The second kappa shape index (κ2) is 9.33. The Bertz CT molecular complexity index is 264. The van der Waals surface area contributed by atoms with Gasteiger partial charge >= 0.3 is 103 Å². The quantitative estimate of drug-likeness (QED) is 0.290. The van der Waals surface area contributed by atoms with E-state index < -0.39 is 0 Å². The molecule has 0 radical (unpaired) electrons. The summed E-state index contributed by atoms with van der Waals surface area (Å²) in [4.78, 5) is 2.44. The van der Waals surface area contributed by atoms with Crippen LogP contribution in [0.2, 0.25) is 0 Å². The Morgan fingerprint density at radius 2 is 2.38 bits per heavy atom. The third kappa shape index (κ3) is 5.08. The number of nitrogens with zero attached hydrogens (tertiary/aromatic N) is 1. The minimum absolute atomic E-state index is 0.